The Balaban J connectivity index is 2.45. The number of hydrogen-bond donors (Lipinski definition) is 1. The van der Waals surface area contributed by atoms with Crippen molar-refractivity contribution in [3.63, 3.8) is 0 Å². The van der Waals surface area contributed by atoms with Crippen LogP contribution in [0.5, 0.6) is 0 Å². The molecule has 2 aromatic rings. The summed E-state index contributed by atoms with van der Waals surface area (Å²) in [6, 6.07) is 9.41. The molecule has 4 nitrogen and oxygen atoms in total. The molecule has 0 fully saturated rings. The molecule has 18 heavy (non-hydrogen) atoms. The Bertz CT molecular complexity index is 549. The number of hydrogen-bond acceptors (Lipinski definition) is 4. The van der Waals surface area contributed by atoms with Gasteiger partial charge in [-0.1, -0.05) is 30.3 Å². The SMILES string of the molecule is CN(C)Cc1nc(-c2ccccc2)c(C(=O)O)s1. The van der Waals surface area contributed by atoms with Gasteiger partial charge in [-0.05, 0) is 14.1 Å². The zero-order chi connectivity index (χ0) is 13.1. The first-order chi connectivity index (χ1) is 8.58. The highest BCUT2D eigenvalue weighted by Crippen LogP contribution is 2.28. The minimum atomic E-state index is -0.920. The van der Waals surface area contributed by atoms with Crippen molar-refractivity contribution in [1.29, 1.82) is 0 Å². The highest BCUT2D eigenvalue weighted by Gasteiger charge is 2.18. The van der Waals surface area contributed by atoms with Crippen molar-refractivity contribution in [2.45, 2.75) is 6.54 Å². The fraction of sp³-hybridized carbons (Fsp3) is 0.231. The Morgan fingerprint density at radius 2 is 2.00 bits per heavy atom. The van der Waals surface area contributed by atoms with E-state index in [1.54, 1.807) is 0 Å². The highest BCUT2D eigenvalue weighted by atomic mass is 32.1. The van der Waals surface area contributed by atoms with Gasteiger partial charge in [-0.2, -0.15) is 0 Å². The first kappa shape index (κ1) is 12.7. The molecule has 0 bridgehead atoms. The number of thiazole rings is 1. The van der Waals surface area contributed by atoms with Gasteiger partial charge in [0.05, 0.1) is 5.69 Å². The van der Waals surface area contributed by atoms with Gasteiger partial charge in [0.15, 0.2) is 0 Å². The second-order valence-electron chi connectivity index (χ2n) is 4.19. The van der Waals surface area contributed by atoms with Crippen LogP contribution in [-0.2, 0) is 6.54 Å². The number of nitrogens with zero attached hydrogens (tertiary/aromatic N) is 2. The van der Waals surface area contributed by atoms with Crippen molar-refractivity contribution in [1.82, 2.24) is 9.88 Å². The van der Waals surface area contributed by atoms with Crippen LogP contribution in [0.3, 0.4) is 0 Å². The van der Waals surface area contributed by atoms with Crippen LogP contribution in [0, 0.1) is 0 Å². The molecule has 1 N–H and O–H groups in total. The molecule has 0 atom stereocenters. The minimum absolute atomic E-state index is 0.304. The summed E-state index contributed by atoms with van der Waals surface area (Å²) < 4.78 is 0. The van der Waals surface area contributed by atoms with Crippen molar-refractivity contribution in [3.8, 4) is 11.3 Å². The number of carboxylic acids is 1. The predicted molar refractivity (Wildman–Crippen MR) is 71.9 cm³/mol. The smallest absolute Gasteiger partial charge is 0.348 e. The standard InChI is InChI=1S/C13H14N2O2S/c1-15(2)8-10-14-11(12(18-10)13(16)17)9-6-4-3-5-7-9/h3-7H,8H2,1-2H3,(H,16,17). The molecule has 5 heteroatoms. The predicted octanol–water partition coefficient (Wildman–Crippen LogP) is 2.57. The molecular weight excluding hydrogens is 248 g/mol. The van der Waals surface area contributed by atoms with Gasteiger partial charge in [0, 0.05) is 12.1 Å². The fourth-order valence-corrected chi connectivity index (χ4v) is 2.68. The summed E-state index contributed by atoms with van der Waals surface area (Å²) >= 11 is 1.24. The maximum absolute atomic E-state index is 11.3. The van der Waals surface area contributed by atoms with Gasteiger partial charge < -0.3 is 10.0 Å². The summed E-state index contributed by atoms with van der Waals surface area (Å²) in [5.41, 5.74) is 1.40. The van der Waals surface area contributed by atoms with E-state index in [4.69, 9.17) is 0 Å². The molecular formula is C13H14N2O2S. The highest BCUT2D eigenvalue weighted by molar-refractivity contribution is 7.14. The molecule has 1 heterocycles. The van der Waals surface area contributed by atoms with Crippen molar-refractivity contribution in [2.24, 2.45) is 0 Å². The van der Waals surface area contributed by atoms with Crippen LogP contribution >= 0.6 is 11.3 Å². The van der Waals surface area contributed by atoms with E-state index in [2.05, 4.69) is 4.98 Å². The molecule has 94 valence electrons. The normalized spacial score (nSPS) is 10.8. The van der Waals surface area contributed by atoms with E-state index in [9.17, 15) is 9.90 Å². The first-order valence-electron chi connectivity index (χ1n) is 5.51. The zero-order valence-electron chi connectivity index (χ0n) is 10.3. The average Bonchev–Trinajstić information content (AvgIpc) is 2.73. The molecule has 0 radical (unpaired) electrons. The summed E-state index contributed by atoms with van der Waals surface area (Å²) in [4.78, 5) is 18.0. The van der Waals surface area contributed by atoms with Crippen LogP contribution in [-0.4, -0.2) is 35.1 Å². The number of aromatic carboxylic acids is 1. The third-order valence-electron chi connectivity index (χ3n) is 2.36. The summed E-state index contributed by atoms with van der Waals surface area (Å²) in [6.07, 6.45) is 0. The topological polar surface area (TPSA) is 53.4 Å². The number of benzene rings is 1. The van der Waals surface area contributed by atoms with Crippen LogP contribution < -0.4 is 0 Å². The van der Waals surface area contributed by atoms with Crippen LogP contribution in [0.1, 0.15) is 14.7 Å². The van der Waals surface area contributed by atoms with Crippen LogP contribution in [0.2, 0.25) is 0 Å². The molecule has 0 amide bonds. The lowest BCUT2D eigenvalue weighted by Crippen LogP contribution is -2.10. The van der Waals surface area contributed by atoms with E-state index in [0.717, 1.165) is 10.6 Å². The van der Waals surface area contributed by atoms with Gasteiger partial charge in [-0.25, -0.2) is 9.78 Å². The first-order valence-corrected chi connectivity index (χ1v) is 6.32. The molecule has 0 aliphatic carbocycles. The largest absolute Gasteiger partial charge is 0.477 e. The third kappa shape index (κ3) is 2.75. The fourth-order valence-electron chi connectivity index (χ4n) is 1.64. The van der Waals surface area contributed by atoms with E-state index in [1.807, 2.05) is 49.3 Å². The molecule has 0 saturated carbocycles. The summed E-state index contributed by atoms with van der Waals surface area (Å²) in [5, 5.41) is 10.0. The second-order valence-corrected chi connectivity index (χ2v) is 5.28. The van der Waals surface area contributed by atoms with Gasteiger partial charge in [0.25, 0.3) is 0 Å². The maximum atomic E-state index is 11.3. The number of carboxylic acid groups (broad SMARTS) is 1. The van der Waals surface area contributed by atoms with E-state index in [0.29, 0.717) is 17.1 Å². The van der Waals surface area contributed by atoms with Gasteiger partial charge in [0.1, 0.15) is 9.88 Å². The number of rotatable bonds is 4. The molecule has 0 spiro atoms. The monoisotopic (exact) mass is 262 g/mol. The van der Waals surface area contributed by atoms with Crippen LogP contribution in [0.25, 0.3) is 11.3 Å². The molecule has 1 aromatic carbocycles. The second kappa shape index (κ2) is 5.29. The molecule has 0 saturated heterocycles. The Labute approximate surface area is 110 Å². The minimum Gasteiger partial charge on any atom is -0.477 e. The summed E-state index contributed by atoms with van der Waals surface area (Å²) in [6.45, 7) is 0.651. The van der Waals surface area contributed by atoms with Crippen molar-refractivity contribution in [2.75, 3.05) is 14.1 Å². The van der Waals surface area contributed by atoms with E-state index in [1.165, 1.54) is 11.3 Å². The lowest BCUT2D eigenvalue weighted by atomic mass is 10.1. The van der Waals surface area contributed by atoms with E-state index < -0.39 is 5.97 Å². The number of carbonyl (C=O) groups is 1. The lowest BCUT2D eigenvalue weighted by Gasteiger charge is -2.04. The zero-order valence-corrected chi connectivity index (χ0v) is 11.1. The summed E-state index contributed by atoms with van der Waals surface area (Å²) in [5.74, 6) is -0.920. The summed E-state index contributed by atoms with van der Waals surface area (Å²) in [7, 11) is 3.87. The van der Waals surface area contributed by atoms with Gasteiger partial charge >= 0.3 is 5.97 Å². The van der Waals surface area contributed by atoms with Gasteiger partial charge in [-0.3, -0.25) is 0 Å². The average molecular weight is 262 g/mol. The van der Waals surface area contributed by atoms with Gasteiger partial charge in [-0.15, -0.1) is 11.3 Å². The molecule has 1 aromatic heterocycles. The third-order valence-corrected chi connectivity index (χ3v) is 3.39. The van der Waals surface area contributed by atoms with Crippen LogP contribution in [0.15, 0.2) is 30.3 Å². The van der Waals surface area contributed by atoms with E-state index >= 15 is 0 Å². The van der Waals surface area contributed by atoms with E-state index in [-0.39, 0.29) is 0 Å². The van der Waals surface area contributed by atoms with Crippen molar-refractivity contribution < 1.29 is 9.90 Å². The molecule has 0 aliphatic rings. The Morgan fingerprint density at radius 1 is 1.33 bits per heavy atom. The Hall–Kier alpha value is -1.72. The van der Waals surface area contributed by atoms with Crippen LogP contribution in [0.4, 0.5) is 0 Å². The quantitative estimate of drug-likeness (QED) is 0.920. The Kier molecular flexibility index (Phi) is 3.74. The molecule has 2 rings (SSSR count). The molecule has 0 unspecified atom stereocenters. The van der Waals surface area contributed by atoms with Crippen molar-refractivity contribution >= 4 is 17.3 Å². The molecule has 0 aliphatic heterocycles. The maximum Gasteiger partial charge on any atom is 0.348 e. The Morgan fingerprint density at radius 3 is 2.56 bits per heavy atom. The van der Waals surface area contributed by atoms with Crippen molar-refractivity contribution in [3.05, 3.63) is 40.2 Å². The lowest BCUT2D eigenvalue weighted by molar-refractivity contribution is 0.0702. The number of aromatic nitrogens is 1. The van der Waals surface area contributed by atoms with Gasteiger partial charge in [0.2, 0.25) is 0 Å².